The zero-order valence-electron chi connectivity index (χ0n) is 13.3. The van der Waals surface area contributed by atoms with Gasteiger partial charge in [0.05, 0.1) is 17.2 Å². The molecule has 0 unspecified atom stereocenters. The van der Waals surface area contributed by atoms with Gasteiger partial charge in [-0.25, -0.2) is 4.98 Å². The number of rotatable bonds is 3. The van der Waals surface area contributed by atoms with E-state index in [9.17, 15) is 4.79 Å². The number of para-hydroxylation sites is 2. The van der Waals surface area contributed by atoms with E-state index in [4.69, 9.17) is 0 Å². The summed E-state index contributed by atoms with van der Waals surface area (Å²) in [5, 5.41) is 0. The molecule has 2 saturated heterocycles. The number of carbonyl (C=O) groups is 1. The molecule has 0 spiro atoms. The molecule has 5 heteroatoms. The molecule has 2 aliphatic heterocycles. The summed E-state index contributed by atoms with van der Waals surface area (Å²) < 4.78 is 0. The third-order valence-electron chi connectivity index (χ3n) is 4.97. The summed E-state index contributed by atoms with van der Waals surface area (Å²) in [5.74, 6) is 0.0324. The van der Waals surface area contributed by atoms with E-state index < -0.39 is 0 Å². The molecule has 1 aromatic heterocycles. The highest BCUT2D eigenvalue weighted by Gasteiger charge is 2.32. The maximum atomic E-state index is 12.9. The van der Waals surface area contributed by atoms with E-state index in [2.05, 4.69) is 14.9 Å². The summed E-state index contributed by atoms with van der Waals surface area (Å²) in [6.07, 6.45) is 6.39. The lowest BCUT2D eigenvalue weighted by atomic mass is 10.2. The van der Waals surface area contributed by atoms with E-state index in [0.29, 0.717) is 11.7 Å². The zero-order chi connectivity index (χ0) is 15.6. The maximum Gasteiger partial charge on any atom is 0.274 e. The molecule has 23 heavy (non-hydrogen) atoms. The highest BCUT2D eigenvalue weighted by molar-refractivity contribution is 5.94. The molecule has 2 aromatic rings. The standard InChI is InChI=1S/C18H22N4O/c23-18(17-12-19-15-7-1-2-8-16(15)20-17)22-11-5-6-14(22)13-21-9-3-4-10-21/h1-2,7-8,12,14H,3-6,9-11,13H2/t14-/m1/s1. The number of likely N-dealkylation sites (tertiary alicyclic amines) is 2. The minimum absolute atomic E-state index is 0.0324. The van der Waals surface area contributed by atoms with Crippen molar-refractivity contribution in [3.8, 4) is 0 Å². The summed E-state index contributed by atoms with van der Waals surface area (Å²) >= 11 is 0. The molecule has 3 heterocycles. The van der Waals surface area contributed by atoms with Gasteiger partial charge in [0.15, 0.2) is 0 Å². The number of carbonyl (C=O) groups excluding carboxylic acids is 1. The van der Waals surface area contributed by atoms with Crippen LogP contribution in [0.15, 0.2) is 30.5 Å². The van der Waals surface area contributed by atoms with Crippen LogP contribution in [-0.4, -0.2) is 57.9 Å². The van der Waals surface area contributed by atoms with Gasteiger partial charge >= 0.3 is 0 Å². The molecular weight excluding hydrogens is 288 g/mol. The molecule has 0 N–H and O–H groups in total. The highest BCUT2D eigenvalue weighted by atomic mass is 16.2. The van der Waals surface area contributed by atoms with Gasteiger partial charge in [0, 0.05) is 19.1 Å². The van der Waals surface area contributed by atoms with Crippen LogP contribution in [0.3, 0.4) is 0 Å². The number of nitrogens with zero attached hydrogens (tertiary/aromatic N) is 4. The van der Waals surface area contributed by atoms with Gasteiger partial charge in [-0.05, 0) is 50.9 Å². The maximum absolute atomic E-state index is 12.9. The van der Waals surface area contributed by atoms with Crippen LogP contribution in [0, 0.1) is 0 Å². The van der Waals surface area contributed by atoms with E-state index in [0.717, 1.165) is 37.0 Å². The molecular formula is C18H22N4O. The van der Waals surface area contributed by atoms with Crippen molar-refractivity contribution in [2.75, 3.05) is 26.2 Å². The Morgan fingerprint density at radius 3 is 2.70 bits per heavy atom. The zero-order valence-corrected chi connectivity index (χ0v) is 13.3. The minimum atomic E-state index is 0.0324. The van der Waals surface area contributed by atoms with Crippen molar-refractivity contribution in [2.24, 2.45) is 0 Å². The van der Waals surface area contributed by atoms with Crippen LogP contribution in [0.2, 0.25) is 0 Å². The molecule has 0 saturated carbocycles. The monoisotopic (exact) mass is 310 g/mol. The first-order valence-electron chi connectivity index (χ1n) is 8.56. The number of aromatic nitrogens is 2. The first kappa shape index (κ1) is 14.6. The normalized spacial score (nSPS) is 22.1. The van der Waals surface area contributed by atoms with Crippen LogP contribution in [-0.2, 0) is 0 Å². The van der Waals surface area contributed by atoms with Crippen molar-refractivity contribution in [1.29, 1.82) is 0 Å². The van der Waals surface area contributed by atoms with Crippen LogP contribution in [0.4, 0.5) is 0 Å². The SMILES string of the molecule is O=C(c1cnc2ccccc2n1)N1CCC[C@@H]1CN1CCCC1. The quantitative estimate of drug-likeness (QED) is 0.873. The molecule has 120 valence electrons. The van der Waals surface area contributed by atoms with Gasteiger partial charge in [-0.3, -0.25) is 9.78 Å². The van der Waals surface area contributed by atoms with E-state index >= 15 is 0 Å². The lowest BCUT2D eigenvalue weighted by Gasteiger charge is -2.28. The van der Waals surface area contributed by atoms with Gasteiger partial charge in [0.25, 0.3) is 5.91 Å². The molecule has 0 aliphatic carbocycles. The van der Waals surface area contributed by atoms with Gasteiger partial charge in [-0.1, -0.05) is 12.1 Å². The first-order valence-corrected chi connectivity index (χ1v) is 8.56. The lowest BCUT2D eigenvalue weighted by molar-refractivity contribution is 0.0703. The first-order chi connectivity index (χ1) is 11.3. The molecule has 1 aromatic carbocycles. The van der Waals surface area contributed by atoms with Gasteiger partial charge in [0.2, 0.25) is 0 Å². The summed E-state index contributed by atoms with van der Waals surface area (Å²) in [4.78, 5) is 26.3. The summed E-state index contributed by atoms with van der Waals surface area (Å²) in [6.45, 7) is 4.20. The molecule has 5 nitrogen and oxygen atoms in total. The Morgan fingerprint density at radius 2 is 1.87 bits per heavy atom. The Bertz CT molecular complexity index is 711. The fourth-order valence-corrected chi connectivity index (χ4v) is 3.76. The van der Waals surface area contributed by atoms with Gasteiger partial charge in [-0.15, -0.1) is 0 Å². The van der Waals surface area contributed by atoms with Crippen LogP contribution >= 0.6 is 0 Å². The molecule has 1 amide bonds. The number of benzene rings is 1. The molecule has 4 rings (SSSR count). The predicted molar refractivity (Wildman–Crippen MR) is 89.3 cm³/mol. The predicted octanol–water partition coefficient (Wildman–Crippen LogP) is 2.33. The third-order valence-corrected chi connectivity index (χ3v) is 4.97. The summed E-state index contributed by atoms with van der Waals surface area (Å²) in [7, 11) is 0. The fraction of sp³-hybridized carbons (Fsp3) is 0.500. The van der Waals surface area contributed by atoms with E-state index in [1.54, 1.807) is 6.20 Å². The van der Waals surface area contributed by atoms with Crippen molar-refractivity contribution in [3.05, 3.63) is 36.2 Å². The largest absolute Gasteiger partial charge is 0.333 e. The third kappa shape index (κ3) is 2.93. The Hall–Kier alpha value is -2.01. The van der Waals surface area contributed by atoms with E-state index in [1.165, 1.54) is 25.9 Å². The van der Waals surface area contributed by atoms with Crippen molar-refractivity contribution in [1.82, 2.24) is 19.8 Å². The second-order valence-electron chi connectivity index (χ2n) is 6.55. The van der Waals surface area contributed by atoms with Crippen molar-refractivity contribution in [3.63, 3.8) is 0 Å². The van der Waals surface area contributed by atoms with Crippen LogP contribution in [0.5, 0.6) is 0 Å². The molecule has 2 aliphatic rings. The summed E-state index contributed by atoms with van der Waals surface area (Å²) in [6, 6.07) is 8.02. The van der Waals surface area contributed by atoms with Gasteiger partial charge in [-0.2, -0.15) is 0 Å². The Balaban J connectivity index is 1.53. The Labute approximate surface area is 136 Å². The smallest absolute Gasteiger partial charge is 0.274 e. The average Bonchev–Trinajstić information content (AvgIpc) is 3.26. The van der Waals surface area contributed by atoms with Crippen LogP contribution in [0.1, 0.15) is 36.2 Å². The molecule has 1 atom stereocenters. The molecule has 2 fully saturated rings. The molecule has 0 radical (unpaired) electrons. The second-order valence-corrected chi connectivity index (χ2v) is 6.55. The van der Waals surface area contributed by atoms with Crippen LogP contribution < -0.4 is 0 Å². The number of fused-ring (bicyclic) bond motifs is 1. The van der Waals surface area contributed by atoms with E-state index in [1.807, 2.05) is 29.2 Å². The Kier molecular flexibility index (Phi) is 3.95. The highest BCUT2D eigenvalue weighted by Crippen LogP contribution is 2.22. The van der Waals surface area contributed by atoms with Gasteiger partial charge in [0.1, 0.15) is 5.69 Å². The van der Waals surface area contributed by atoms with Crippen molar-refractivity contribution < 1.29 is 4.79 Å². The van der Waals surface area contributed by atoms with Crippen molar-refractivity contribution in [2.45, 2.75) is 31.7 Å². The Morgan fingerprint density at radius 1 is 1.09 bits per heavy atom. The summed E-state index contributed by atoms with van der Waals surface area (Å²) in [5.41, 5.74) is 2.09. The second kappa shape index (κ2) is 6.24. The average molecular weight is 310 g/mol. The minimum Gasteiger partial charge on any atom is -0.333 e. The van der Waals surface area contributed by atoms with Crippen molar-refractivity contribution >= 4 is 16.9 Å². The van der Waals surface area contributed by atoms with Gasteiger partial charge < -0.3 is 9.80 Å². The number of amides is 1. The van der Waals surface area contributed by atoms with E-state index in [-0.39, 0.29) is 5.91 Å². The lowest BCUT2D eigenvalue weighted by Crippen LogP contribution is -2.42. The number of hydrogen-bond acceptors (Lipinski definition) is 4. The van der Waals surface area contributed by atoms with Crippen LogP contribution in [0.25, 0.3) is 11.0 Å². The topological polar surface area (TPSA) is 49.3 Å². The molecule has 0 bridgehead atoms. The fourth-order valence-electron chi connectivity index (χ4n) is 3.76. The number of hydrogen-bond donors (Lipinski definition) is 0.